The van der Waals surface area contributed by atoms with Gasteiger partial charge in [-0.3, -0.25) is 0 Å². The quantitative estimate of drug-likeness (QED) is 0.847. The second kappa shape index (κ2) is 5.44. The summed E-state index contributed by atoms with van der Waals surface area (Å²) in [5.74, 6) is 1.65. The van der Waals surface area contributed by atoms with E-state index in [2.05, 4.69) is 14.9 Å². The van der Waals surface area contributed by atoms with Crippen LogP contribution in [-0.4, -0.2) is 37.2 Å². The molecule has 2 atom stereocenters. The summed E-state index contributed by atoms with van der Waals surface area (Å²) in [6, 6.07) is 5.69. The number of sulfone groups is 1. The summed E-state index contributed by atoms with van der Waals surface area (Å²) < 4.78 is 23.8. The van der Waals surface area contributed by atoms with Gasteiger partial charge in [-0.2, -0.15) is 0 Å². The van der Waals surface area contributed by atoms with Gasteiger partial charge in [-0.1, -0.05) is 12.8 Å². The normalized spacial score (nSPS) is 24.8. The Kier molecular flexibility index (Phi) is 3.52. The largest absolute Gasteiger partial charge is 0.353 e. The van der Waals surface area contributed by atoms with Gasteiger partial charge in [0.1, 0.15) is 12.1 Å². The Balaban J connectivity index is 1.83. The average molecular weight is 331 g/mol. The van der Waals surface area contributed by atoms with Crippen LogP contribution in [-0.2, 0) is 9.84 Å². The lowest BCUT2D eigenvalue weighted by Gasteiger charge is -2.32. The summed E-state index contributed by atoms with van der Waals surface area (Å²) >= 11 is 0. The zero-order chi connectivity index (χ0) is 16.0. The Morgan fingerprint density at radius 2 is 1.96 bits per heavy atom. The van der Waals surface area contributed by atoms with Gasteiger partial charge in [-0.25, -0.2) is 18.4 Å². The molecule has 1 aromatic carbocycles. The molecule has 1 saturated heterocycles. The number of fused-ring (bicyclic) bond motifs is 2. The summed E-state index contributed by atoms with van der Waals surface area (Å²) in [6.07, 6.45) is 9.16. The van der Waals surface area contributed by atoms with Crippen LogP contribution in [0.2, 0.25) is 0 Å². The van der Waals surface area contributed by atoms with Crippen LogP contribution < -0.4 is 4.90 Å². The van der Waals surface area contributed by atoms with Gasteiger partial charge in [-0.05, 0) is 43.4 Å². The molecule has 1 aromatic heterocycles. The van der Waals surface area contributed by atoms with Gasteiger partial charge in [0.2, 0.25) is 0 Å². The van der Waals surface area contributed by atoms with E-state index in [1.807, 2.05) is 0 Å². The summed E-state index contributed by atoms with van der Waals surface area (Å²) in [5.41, 5.74) is 0.807. The van der Waals surface area contributed by atoms with E-state index in [-0.39, 0.29) is 0 Å². The molecule has 0 bridgehead atoms. The van der Waals surface area contributed by atoms with Crippen LogP contribution >= 0.6 is 0 Å². The SMILES string of the molecule is CS(=O)(=O)c1ccc2ncnc(N3CCC4CCCCC43)c2c1. The minimum atomic E-state index is -3.23. The number of hydrogen-bond acceptors (Lipinski definition) is 5. The monoisotopic (exact) mass is 331 g/mol. The maximum Gasteiger partial charge on any atom is 0.175 e. The highest BCUT2D eigenvalue weighted by Gasteiger charge is 2.36. The van der Waals surface area contributed by atoms with Gasteiger partial charge in [-0.15, -0.1) is 0 Å². The van der Waals surface area contributed by atoms with Gasteiger partial charge < -0.3 is 4.90 Å². The molecule has 0 N–H and O–H groups in total. The zero-order valence-corrected chi connectivity index (χ0v) is 14.1. The second-order valence-corrected chi connectivity index (χ2v) is 8.76. The van der Waals surface area contributed by atoms with Crippen molar-refractivity contribution in [3.05, 3.63) is 24.5 Å². The third-order valence-corrected chi connectivity index (χ3v) is 6.41. The van der Waals surface area contributed by atoms with E-state index in [4.69, 9.17) is 0 Å². The van der Waals surface area contributed by atoms with E-state index in [0.717, 1.165) is 29.2 Å². The highest BCUT2D eigenvalue weighted by molar-refractivity contribution is 7.90. The smallest absolute Gasteiger partial charge is 0.175 e. The number of benzene rings is 1. The number of rotatable bonds is 2. The molecule has 1 saturated carbocycles. The van der Waals surface area contributed by atoms with Gasteiger partial charge in [0, 0.05) is 24.2 Å². The third kappa shape index (κ3) is 2.59. The van der Waals surface area contributed by atoms with Crippen molar-refractivity contribution in [2.75, 3.05) is 17.7 Å². The van der Waals surface area contributed by atoms with Gasteiger partial charge >= 0.3 is 0 Å². The number of anilines is 1. The standard InChI is InChI=1S/C17H21N3O2S/c1-23(21,22)13-6-7-15-14(10-13)17(19-11-18-15)20-9-8-12-4-2-3-5-16(12)20/h6-7,10-12,16H,2-5,8-9H2,1H3. The summed E-state index contributed by atoms with van der Waals surface area (Å²) in [5, 5.41) is 0.849. The van der Waals surface area contributed by atoms with E-state index in [0.29, 0.717) is 10.9 Å². The van der Waals surface area contributed by atoms with E-state index in [9.17, 15) is 8.42 Å². The predicted octanol–water partition coefficient (Wildman–Crippen LogP) is 2.80. The lowest BCUT2D eigenvalue weighted by atomic mass is 9.85. The van der Waals surface area contributed by atoms with Crippen molar-refractivity contribution in [3.63, 3.8) is 0 Å². The first-order valence-electron chi connectivity index (χ1n) is 8.25. The Bertz CT molecular complexity index is 850. The third-order valence-electron chi connectivity index (χ3n) is 5.30. The topological polar surface area (TPSA) is 63.2 Å². The molecule has 122 valence electrons. The molecule has 4 rings (SSSR count). The van der Waals surface area contributed by atoms with Crippen molar-refractivity contribution in [2.24, 2.45) is 5.92 Å². The zero-order valence-electron chi connectivity index (χ0n) is 13.3. The maximum atomic E-state index is 11.9. The van der Waals surface area contributed by atoms with Crippen molar-refractivity contribution in [3.8, 4) is 0 Å². The number of aromatic nitrogens is 2. The minimum absolute atomic E-state index is 0.334. The molecule has 1 aliphatic heterocycles. The molecule has 2 aromatic rings. The average Bonchev–Trinajstić information content (AvgIpc) is 2.97. The van der Waals surface area contributed by atoms with Crippen LogP contribution in [0.1, 0.15) is 32.1 Å². The fourth-order valence-electron chi connectivity index (χ4n) is 4.15. The van der Waals surface area contributed by atoms with Crippen LogP contribution in [0.4, 0.5) is 5.82 Å². The van der Waals surface area contributed by atoms with E-state index in [1.54, 1.807) is 24.5 Å². The van der Waals surface area contributed by atoms with Crippen LogP contribution in [0.15, 0.2) is 29.4 Å². The van der Waals surface area contributed by atoms with Crippen LogP contribution in [0.3, 0.4) is 0 Å². The molecule has 2 aliphatic rings. The summed E-state index contributed by atoms with van der Waals surface area (Å²) in [7, 11) is -3.23. The molecular formula is C17H21N3O2S. The number of nitrogens with zero attached hydrogens (tertiary/aromatic N) is 3. The maximum absolute atomic E-state index is 11.9. The van der Waals surface area contributed by atoms with E-state index >= 15 is 0 Å². The van der Waals surface area contributed by atoms with Crippen molar-refractivity contribution < 1.29 is 8.42 Å². The van der Waals surface area contributed by atoms with Crippen LogP contribution in [0, 0.1) is 5.92 Å². The molecule has 23 heavy (non-hydrogen) atoms. The highest BCUT2D eigenvalue weighted by Crippen LogP contribution is 2.40. The fourth-order valence-corrected chi connectivity index (χ4v) is 4.80. The van der Waals surface area contributed by atoms with Crippen molar-refractivity contribution in [1.82, 2.24) is 9.97 Å². The van der Waals surface area contributed by atoms with Gasteiger partial charge in [0.15, 0.2) is 9.84 Å². The Morgan fingerprint density at radius 3 is 2.78 bits per heavy atom. The Morgan fingerprint density at radius 1 is 1.13 bits per heavy atom. The molecular weight excluding hydrogens is 310 g/mol. The van der Waals surface area contributed by atoms with E-state index < -0.39 is 9.84 Å². The lowest BCUT2D eigenvalue weighted by Crippen LogP contribution is -2.35. The first kappa shape index (κ1) is 14.9. The summed E-state index contributed by atoms with van der Waals surface area (Å²) in [6.45, 7) is 1.00. The van der Waals surface area contributed by atoms with E-state index in [1.165, 1.54) is 38.4 Å². The summed E-state index contributed by atoms with van der Waals surface area (Å²) in [4.78, 5) is 11.6. The lowest BCUT2D eigenvalue weighted by molar-refractivity contribution is 0.341. The molecule has 0 amide bonds. The first-order chi connectivity index (χ1) is 11.0. The minimum Gasteiger partial charge on any atom is -0.353 e. The van der Waals surface area contributed by atoms with Gasteiger partial charge in [0.05, 0.1) is 10.4 Å². The molecule has 0 spiro atoms. The van der Waals surface area contributed by atoms with Crippen molar-refractivity contribution in [1.29, 1.82) is 0 Å². The predicted molar refractivity (Wildman–Crippen MR) is 90.4 cm³/mol. The molecule has 2 fully saturated rings. The van der Waals surface area contributed by atoms with Crippen LogP contribution in [0.5, 0.6) is 0 Å². The number of hydrogen-bond donors (Lipinski definition) is 0. The van der Waals surface area contributed by atoms with Crippen molar-refractivity contribution in [2.45, 2.75) is 43.0 Å². The van der Waals surface area contributed by atoms with Crippen molar-refractivity contribution >= 4 is 26.6 Å². The molecule has 5 nitrogen and oxygen atoms in total. The first-order valence-corrected chi connectivity index (χ1v) is 10.1. The Hall–Kier alpha value is -1.69. The molecule has 1 aliphatic carbocycles. The van der Waals surface area contributed by atoms with Gasteiger partial charge in [0.25, 0.3) is 0 Å². The molecule has 2 unspecified atom stereocenters. The van der Waals surface area contributed by atoms with Crippen LogP contribution in [0.25, 0.3) is 10.9 Å². The molecule has 0 radical (unpaired) electrons. The molecule has 6 heteroatoms. The fraction of sp³-hybridized carbons (Fsp3) is 0.529. The molecule has 2 heterocycles. The highest BCUT2D eigenvalue weighted by atomic mass is 32.2. The Labute approximate surface area is 136 Å². The second-order valence-electron chi connectivity index (χ2n) is 6.74.